The third-order valence-electron chi connectivity index (χ3n) is 6.94. The molecule has 7 rings (SSSR count). The quantitative estimate of drug-likeness (QED) is 0.253. The number of para-hydroxylation sites is 2. The lowest BCUT2D eigenvalue weighted by Crippen LogP contribution is -1.98. The fourth-order valence-corrected chi connectivity index (χ4v) is 5.04. The van der Waals surface area contributed by atoms with Gasteiger partial charge in [-0.05, 0) is 47.4 Å². The van der Waals surface area contributed by atoms with Gasteiger partial charge in [-0.1, -0.05) is 86.6 Å². The zero-order valence-corrected chi connectivity index (χ0v) is 20.6. The molecule has 0 saturated heterocycles. The number of hydrogen-bond donors (Lipinski definition) is 0. The molecule has 0 radical (unpaired) electrons. The van der Waals surface area contributed by atoms with E-state index in [4.69, 9.17) is 15.8 Å². The van der Waals surface area contributed by atoms with Crippen molar-refractivity contribution in [3.63, 3.8) is 0 Å². The average Bonchev–Trinajstić information content (AvgIpc) is 3.51. The number of furan rings is 1. The minimum absolute atomic E-state index is 0.709. The molecule has 0 aliphatic carbocycles. The third-order valence-corrected chi connectivity index (χ3v) is 6.94. The van der Waals surface area contributed by atoms with Crippen molar-refractivity contribution in [2.24, 2.45) is 0 Å². The van der Waals surface area contributed by atoms with Crippen molar-refractivity contribution < 1.29 is 5.79 Å². The van der Waals surface area contributed by atoms with Crippen LogP contribution in [0.25, 0.3) is 61.3 Å². The van der Waals surface area contributed by atoms with Gasteiger partial charge in [0.05, 0.1) is 5.56 Å². The standard InChI is InChI=1S/C33H25N3O/c1-21(2)23-16-17-26-27-14-9-15-28(31(27)37-30(26)19-23)32-35-29-18-24(22-10-5-3-6-11-22)20-34-33(29)36(32)25-12-7-4-8-13-25/h3-21H,1-2H3/i21D. The summed E-state index contributed by atoms with van der Waals surface area (Å²) >= 11 is 0. The highest BCUT2D eigenvalue weighted by Gasteiger charge is 2.21. The van der Waals surface area contributed by atoms with E-state index in [0.29, 0.717) is 0 Å². The molecular formula is C33H25N3O. The molecule has 0 spiro atoms. The molecule has 0 aliphatic rings. The van der Waals surface area contributed by atoms with E-state index < -0.39 is 5.89 Å². The van der Waals surface area contributed by atoms with Crippen LogP contribution in [0.5, 0.6) is 0 Å². The molecule has 178 valence electrons. The second-order valence-electron chi connectivity index (χ2n) is 9.53. The van der Waals surface area contributed by atoms with Gasteiger partial charge < -0.3 is 4.42 Å². The number of nitrogens with zero attached hydrogens (tertiary/aromatic N) is 3. The number of fused-ring (bicyclic) bond motifs is 4. The molecule has 4 aromatic carbocycles. The van der Waals surface area contributed by atoms with Gasteiger partial charge >= 0.3 is 0 Å². The van der Waals surface area contributed by atoms with Crippen LogP contribution in [0.3, 0.4) is 0 Å². The lowest BCUT2D eigenvalue weighted by Gasteiger charge is -2.09. The summed E-state index contributed by atoms with van der Waals surface area (Å²) in [4.78, 5) is 10.0. The van der Waals surface area contributed by atoms with Crippen molar-refractivity contribution in [2.45, 2.75) is 19.7 Å². The molecule has 0 saturated carbocycles. The lowest BCUT2D eigenvalue weighted by atomic mass is 10.0. The second-order valence-corrected chi connectivity index (χ2v) is 9.53. The topological polar surface area (TPSA) is 43.9 Å². The molecule has 3 aromatic heterocycles. The van der Waals surface area contributed by atoms with Gasteiger partial charge in [0.1, 0.15) is 16.7 Å². The molecule has 0 atom stereocenters. The van der Waals surface area contributed by atoms with Crippen molar-refractivity contribution in [3.05, 3.63) is 115 Å². The predicted molar refractivity (Wildman–Crippen MR) is 151 cm³/mol. The van der Waals surface area contributed by atoms with E-state index in [1.807, 2.05) is 74.6 Å². The Hall–Kier alpha value is -4.70. The SMILES string of the molecule is [2H]C(C)(C)c1ccc2c(c1)oc1c(-c3nc4cc(-c5ccccc5)cnc4n3-c3ccccc3)cccc12. The Labute approximate surface area is 216 Å². The van der Waals surface area contributed by atoms with Crippen molar-refractivity contribution in [3.8, 4) is 28.2 Å². The Kier molecular flexibility index (Phi) is 4.68. The van der Waals surface area contributed by atoms with Gasteiger partial charge in [-0.2, -0.15) is 0 Å². The highest BCUT2D eigenvalue weighted by atomic mass is 16.3. The first-order valence-electron chi connectivity index (χ1n) is 12.9. The number of benzene rings is 4. The molecule has 7 aromatic rings. The molecule has 0 bridgehead atoms. The third kappa shape index (κ3) is 3.53. The highest BCUT2D eigenvalue weighted by molar-refractivity contribution is 6.09. The second kappa shape index (κ2) is 8.45. The maximum atomic E-state index is 8.46. The molecule has 0 unspecified atom stereocenters. The van der Waals surface area contributed by atoms with Crippen LogP contribution >= 0.6 is 0 Å². The maximum Gasteiger partial charge on any atom is 0.164 e. The molecule has 37 heavy (non-hydrogen) atoms. The van der Waals surface area contributed by atoms with Crippen molar-refractivity contribution >= 4 is 33.1 Å². The van der Waals surface area contributed by atoms with E-state index in [1.165, 1.54) is 0 Å². The average molecular weight is 481 g/mol. The number of hydrogen-bond acceptors (Lipinski definition) is 3. The Morgan fingerprint density at radius 2 is 1.57 bits per heavy atom. The van der Waals surface area contributed by atoms with Crippen LogP contribution in [0.15, 0.2) is 114 Å². The smallest absolute Gasteiger partial charge is 0.164 e. The van der Waals surface area contributed by atoms with Crippen LogP contribution in [0, 0.1) is 0 Å². The summed E-state index contributed by atoms with van der Waals surface area (Å²) < 4.78 is 17.1. The molecule has 0 aliphatic heterocycles. The molecular weight excluding hydrogens is 454 g/mol. The van der Waals surface area contributed by atoms with Gasteiger partial charge in [-0.3, -0.25) is 4.57 Å². The maximum absolute atomic E-state index is 8.46. The van der Waals surface area contributed by atoms with Crippen molar-refractivity contribution in [1.82, 2.24) is 14.5 Å². The Morgan fingerprint density at radius 3 is 2.35 bits per heavy atom. The molecule has 4 nitrogen and oxygen atoms in total. The van der Waals surface area contributed by atoms with E-state index in [9.17, 15) is 0 Å². The van der Waals surface area contributed by atoms with Crippen LogP contribution in [-0.2, 0) is 0 Å². The van der Waals surface area contributed by atoms with Crippen LogP contribution in [-0.4, -0.2) is 14.5 Å². The lowest BCUT2D eigenvalue weighted by molar-refractivity contribution is 0.667. The highest BCUT2D eigenvalue weighted by Crippen LogP contribution is 2.38. The molecule has 0 N–H and O–H groups in total. The number of pyridine rings is 1. The summed E-state index contributed by atoms with van der Waals surface area (Å²) in [5.74, 6) is 0.0639. The summed E-state index contributed by atoms with van der Waals surface area (Å²) in [6.45, 7) is 3.78. The molecule has 0 fully saturated rings. The number of aromatic nitrogens is 3. The van der Waals surface area contributed by atoms with Gasteiger partial charge in [0.2, 0.25) is 0 Å². The Morgan fingerprint density at radius 1 is 0.784 bits per heavy atom. The van der Waals surface area contributed by atoms with Crippen LogP contribution in [0.2, 0.25) is 0 Å². The first-order valence-corrected chi connectivity index (χ1v) is 12.4. The summed E-state index contributed by atoms with van der Waals surface area (Å²) in [7, 11) is 0. The fraction of sp³-hybridized carbons (Fsp3) is 0.0909. The Balaban J connectivity index is 1.50. The van der Waals surface area contributed by atoms with Crippen molar-refractivity contribution in [2.75, 3.05) is 0 Å². The zero-order valence-electron chi connectivity index (χ0n) is 21.6. The van der Waals surface area contributed by atoms with Crippen molar-refractivity contribution in [1.29, 1.82) is 0 Å². The van der Waals surface area contributed by atoms with Gasteiger partial charge in [0.25, 0.3) is 0 Å². The van der Waals surface area contributed by atoms with E-state index in [0.717, 1.165) is 66.9 Å². The van der Waals surface area contributed by atoms with Crippen LogP contribution in [0.1, 0.15) is 26.7 Å². The van der Waals surface area contributed by atoms with E-state index in [2.05, 4.69) is 53.1 Å². The fourth-order valence-electron chi connectivity index (χ4n) is 5.04. The van der Waals surface area contributed by atoms with Gasteiger partial charge in [-0.25, -0.2) is 9.97 Å². The minimum atomic E-state index is -0.709. The zero-order chi connectivity index (χ0) is 25.9. The molecule has 3 heterocycles. The van der Waals surface area contributed by atoms with Gasteiger partial charge in [-0.15, -0.1) is 0 Å². The van der Waals surface area contributed by atoms with Crippen LogP contribution in [0.4, 0.5) is 0 Å². The summed E-state index contributed by atoms with van der Waals surface area (Å²) in [5.41, 5.74) is 8.08. The number of rotatable bonds is 4. The normalized spacial score (nSPS) is 12.4. The monoisotopic (exact) mass is 480 g/mol. The first-order chi connectivity index (χ1) is 18.5. The van der Waals surface area contributed by atoms with E-state index >= 15 is 0 Å². The number of imidazole rings is 1. The van der Waals surface area contributed by atoms with Crippen LogP contribution < -0.4 is 0 Å². The summed E-state index contributed by atoms with van der Waals surface area (Å²) in [6, 6.07) is 34.8. The predicted octanol–water partition coefficient (Wildman–Crippen LogP) is 8.78. The van der Waals surface area contributed by atoms with Gasteiger partial charge in [0.15, 0.2) is 11.5 Å². The Bertz CT molecular complexity index is 1950. The largest absolute Gasteiger partial charge is 0.455 e. The first kappa shape index (κ1) is 20.5. The van der Waals surface area contributed by atoms with Gasteiger partial charge in [0, 0.05) is 29.6 Å². The minimum Gasteiger partial charge on any atom is -0.455 e. The summed E-state index contributed by atoms with van der Waals surface area (Å²) in [5, 5.41) is 2.05. The summed E-state index contributed by atoms with van der Waals surface area (Å²) in [6.07, 6.45) is 1.91. The van der Waals surface area contributed by atoms with E-state index in [1.54, 1.807) is 0 Å². The molecule has 0 amide bonds. The molecule has 4 heteroatoms. The van der Waals surface area contributed by atoms with E-state index in [-0.39, 0.29) is 0 Å².